The van der Waals surface area contributed by atoms with Crippen LogP contribution in [0.2, 0.25) is 0 Å². The SMILES string of the molecule is OCCCN(CC(O)COCc1ccccc1)C1CCC1. The highest BCUT2D eigenvalue weighted by atomic mass is 16.5. The highest BCUT2D eigenvalue weighted by Gasteiger charge is 2.26. The van der Waals surface area contributed by atoms with Crippen LogP contribution in [0, 0.1) is 0 Å². The van der Waals surface area contributed by atoms with Gasteiger partial charge in [-0.25, -0.2) is 0 Å². The number of hydrogen-bond acceptors (Lipinski definition) is 4. The Hall–Kier alpha value is -0.940. The molecule has 1 unspecified atom stereocenters. The van der Waals surface area contributed by atoms with Crippen LogP contribution < -0.4 is 0 Å². The van der Waals surface area contributed by atoms with E-state index in [-0.39, 0.29) is 6.61 Å². The van der Waals surface area contributed by atoms with E-state index in [1.165, 1.54) is 19.3 Å². The van der Waals surface area contributed by atoms with Gasteiger partial charge >= 0.3 is 0 Å². The summed E-state index contributed by atoms with van der Waals surface area (Å²) in [6.07, 6.45) is 4.01. The molecule has 118 valence electrons. The predicted molar refractivity (Wildman–Crippen MR) is 83.0 cm³/mol. The lowest BCUT2D eigenvalue weighted by Gasteiger charge is -2.38. The van der Waals surface area contributed by atoms with E-state index >= 15 is 0 Å². The molecule has 2 rings (SSSR count). The van der Waals surface area contributed by atoms with Gasteiger partial charge in [0, 0.05) is 25.7 Å². The molecule has 0 heterocycles. The number of aliphatic hydroxyl groups is 2. The maximum absolute atomic E-state index is 10.1. The molecule has 0 saturated heterocycles. The van der Waals surface area contributed by atoms with Crippen molar-refractivity contribution in [2.75, 3.05) is 26.3 Å². The molecule has 1 atom stereocenters. The molecule has 1 aromatic rings. The van der Waals surface area contributed by atoms with Crippen LogP contribution in [0.15, 0.2) is 30.3 Å². The van der Waals surface area contributed by atoms with Crippen LogP contribution in [0.5, 0.6) is 0 Å². The summed E-state index contributed by atoms with van der Waals surface area (Å²) in [6, 6.07) is 10.6. The Bertz CT molecular complexity index is 381. The second-order valence-electron chi connectivity index (χ2n) is 5.81. The average molecular weight is 293 g/mol. The predicted octanol–water partition coefficient (Wildman–Crippen LogP) is 1.80. The fraction of sp³-hybridized carbons (Fsp3) is 0.647. The molecular formula is C17H27NO3. The number of ether oxygens (including phenoxy) is 1. The third-order valence-corrected chi connectivity index (χ3v) is 4.06. The van der Waals surface area contributed by atoms with Gasteiger partial charge in [-0.1, -0.05) is 36.8 Å². The van der Waals surface area contributed by atoms with Crippen LogP contribution in [0.3, 0.4) is 0 Å². The number of hydrogen-bond donors (Lipinski definition) is 2. The summed E-state index contributed by atoms with van der Waals surface area (Å²) in [5.41, 5.74) is 1.13. The molecule has 1 fully saturated rings. The Morgan fingerprint density at radius 1 is 1.24 bits per heavy atom. The van der Waals surface area contributed by atoms with Gasteiger partial charge in [-0.2, -0.15) is 0 Å². The van der Waals surface area contributed by atoms with Crippen molar-refractivity contribution in [2.24, 2.45) is 0 Å². The minimum Gasteiger partial charge on any atom is -0.396 e. The Morgan fingerprint density at radius 2 is 2.00 bits per heavy atom. The van der Waals surface area contributed by atoms with E-state index in [9.17, 15) is 5.11 Å². The zero-order chi connectivity index (χ0) is 14.9. The molecule has 0 amide bonds. The molecule has 1 aliphatic rings. The first-order valence-corrected chi connectivity index (χ1v) is 7.94. The topological polar surface area (TPSA) is 52.9 Å². The van der Waals surface area contributed by atoms with Crippen LogP contribution in [-0.4, -0.2) is 53.6 Å². The Morgan fingerprint density at radius 3 is 2.62 bits per heavy atom. The van der Waals surface area contributed by atoms with Gasteiger partial charge in [0.25, 0.3) is 0 Å². The lowest BCUT2D eigenvalue weighted by atomic mass is 9.91. The normalized spacial score (nSPS) is 16.9. The van der Waals surface area contributed by atoms with Crippen LogP contribution >= 0.6 is 0 Å². The first-order valence-electron chi connectivity index (χ1n) is 7.94. The van der Waals surface area contributed by atoms with Crippen molar-refractivity contribution in [1.82, 2.24) is 4.90 Å². The van der Waals surface area contributed by atoms with Crippen LogP contribution in [0.4, 0.5) is 0 Å². The molecular weight excluding hydrogens is 266 g/mol. The molecule has 1 aromatic carbocycles. The maximum atomic E-state index is 10.1. The minimum atomic E-state index is -0.465. The van der Waals surface area contributed by atoms with Crippen LogP contribution in [0.25, 0.3) is 0 Å². The number of benzene rings is 1. The first kappa shape index (κ1) is 16.4. The summed E-state index contributed by atoms with van der Waals surface area (Å²) in [5.74, 6) is 0. The number of aliphatic hydroxyl groups excluding tert-OH is 2. The summed E-state index contributed by atoms with van der Waals surface area (Å²) < 4.78 is 5.59. The number of nitrogens with zero attached hydrogens (tertiary/aromatic N) is 1. The third kappa shape index (κ3) is 5.75. The zero-order valence-electron chi connectivity index (χ0n) is 12.7. The molecule has 0 bridgehead atoms. The van der Waals surface area contributed by atoms with Gasteiger partial charge in [-0.3, -0.25) is 4.90 Å². The van der Waals surface area contributed by atoms with E-state index in [4.69, 9.17) is 9.84 Å². The minimum absolute atomic E-state index is 0.212. The molecule has 4 nitrogen and oxygen atoms in total. The van der Waals surface area contributed by atoms with Crippen molar-refractivity contribution in [3.05, 3.63) is 35.9 Å². The van der Waals surface area contributed by atoms with Gasteiger partial charge in [0.1, 0.15) is 0 Å². The van der Waals surface area contributed by atoms with Crippen LogP contribution in [0.1, 0.15) is 31.2 Å². The number of rotatable bonds is 10. The average Bonchev–Trinajstić information content (AvgIpc) is 2.44. The quantitative estimate of drug-likeness (QED) is 0.691. The van der Waals surface area contributed by atoms with Gasteiger partial charge in [0.2, 0.25) is 0 Å². The van der Waals surface area contributed by atoms with Crippen molar-refractivity contribution in [3.8, 4) is 0 Å². The van der Waals surface area contributed by atoms with Gasteiger partial charge < -0.3 is 14.9 Å². The maximum Gasteiger partial charge on any atom is 0.0900 e. The molecule has 0 aliphatic heterocycles. The highest BCUT2D eigenvalue weighted by Crippen LogP contribution is 2.25. The summed E-state index contributed by atoms with van der Waals surface area (Å²) in [5, 5.41) is 19.1. The second kappa shape index (κ2) is 9.15. The van der Waals surface area contributed by atoms with Crippen LogP contribution in [-0.2, 0) is 11.3 Å². The summed E-state index contributed by atoms with van der Waals surface area (Å²) >= 11 is 0. The fourth-order valence-corrected chi connectivity index (χ4v) is 2.66. The molecule has 2 N–H and O–H groups in total. The second-order valence-corrected chi connectivity index (χ2v) is 5.81. The van der Waals surface area contributed by atoms with E-state index in [1.54, 1.807) is 0 Å². The van der Waals surface area contributed by atoms with Gasteiger partial charge in [-0.05, 0) is 24.8 Å². The Balaban J connectivity index is 1.67. The van der Waals surface area contributed by atoms with E-state index in [2.05, 4.69) is 4.90 Å². The first-order chi connectivity index (χ1) is 10.3. The Labute approximate surface area is 127 Å². The molecule has 4 heteroatoms. The molecule has 0 radical (unpaired) electrons. The smallest absolute Gasteiger partial charge is 0.0900 e. The summed E-state index contributed by atoms with van der Waals surface area (Å²) in [6.45, 7) is 2.61. The van der Waals surface area contributed by atoms with Crippen molar-refractivity contribution >= 4 is 0 Å². The fourth-order valence-electron chi connectivity index (χ4n) is 2.66. The highest BCUT2D eigenvalue weighted by molar-refractivity contribution is 5.13. The molecule has 0 aromatic heterocycles. The molecule has 1 aliphatic carbocycles. The summed E-state index contributed by atoms with van der Waals surface area (Å²) in [7, 11) is 0. The lowest BCUT2D eigenvalue weighted by molar-refractivity contribution is -0.00722. The van der Waals surface area contributed by atoms with Gasteiger partial charge in [-0.15, -0.1) is 0 Å². The van der Waals surface area contributed by atoms with Gasteiger partial charge in [0.15, 0.2) is 0 Å². The molecule has 1 saturated carbocycles. The van der Waals surface area contributed by atoms with Crippen molar-refractivity contribution < 1.29 is 14.9 Å². The summed E-state index contributed by atoms with van der Waals surface area (Å²) in [4.78, 5) is 2.30. The molecule has 0 spiro atoms. The van der Waals surface area contributed by atoms with E-state index in [1.807, 2.05) is 30.3 Å². The standard InChI is InChI=1S/C17H27NO3/c19-11-5-10-18(16-8-4-9-16)12-17(20)14-21-13-15-6-2-1-3-7-15/h1-3,6-7,16-17,19-20H,4-5,8-14H2. The third-order valence-electron chi connectivity index (χ3n) is 4.06. The van der Waals surface area contributed by atoms with E-state index < -0.39 is 6.10 Å². The van der Waals surface area contributed by atoms with Gasteiger partial charge in [0.05, 0.1) is 19.3 Å². The zero-order valence-corrected chi connectivity index (χ0v) is 12.7. The lowest BCUT2D eigenvalue weighted by Crippen LogP contribution is -2.45. The Kier molecular flexibility index (Phi) is 7.16. The van der Waals surface area contributed by atoms with Crippen molar-refractivity contribution in [2.45, 2.75) is 44.4 Å². The molecule has 21 heavy (non-hydrogen) atoms. The van der Waals surface area contributed by atoms with Crippen molar-refractivity contribution in [3.63, 3.8) is 0 Å². The van der Waals surface area contributed by atoms with E-state index in [0.717, 1.165) is 18.5 Å². The monoisotopic (exact) mass is 293 g/mol. The van der Waals surface area contributed by atoms with Crippen molar-refractivity contribution in [1.29, 1.82) is 0 Å². The van der Waals surface area contributed by atoms with E-state index in [0.29, 0.717) is 25.8 Å². The largest absolute Gasteiger partial charge is 0.396 e.